The molecule has 0 unspecified atom stereocenters. The zero-order chi connectivity index (χ0) is 20.4. The summed E-state index contributed by atoms with van der Waals surface area (Å²) < 4.78 is 30.2. The summed E-state index contributed by atoms with van der Waals surface area (Å²) in [5, 5.41) is 7.67. The average molecular weight is 408 g/mol. The largest absolute Gasteiger partial charge is 0.495 e. The van der Waals surface area contributed by atoms with Gasteiger partial charge in [0.15, 0.2) is 15.5 Å². The smallest absolute Gasteiger partial charge is 0.247 e. The second-order valence-corrected chi connectivity index (χ2v) is 8.89. The highest BCUT2D eigenvalue weighted by molar-refractivity contribution is 7.89. The van der Waals surface area contributed by atoms with Crippen LogP contribution in [0, 0.1) is 0 Å². The highest BCUT2D eigenvalue weighted by Crippen LogP contribution is 2.26. The number of ether oxygens (including phenoxy) is 1. The summed E-state index contributed by atoms with van der Waals surface area (Å²) in [7, 11) is -1.48. The number of anilines is 2. The fourth-order valence-corrected chi connectivity index (χ4v) is 3.90. The SMILES string of the molecule is COc1ccccc1Nc1nc2ccc(-c3cccc(CS(C)(=O)=O)c3)cn2n1. The molecule has 4 aromatic rings. The minimum atomic E-state index is -3.09. The van der Waals surface area contributed by atoms with Crippen LogP contribution in [0.15, 0.2) is 66.9 Å². The number of hydrogen-bond acceptors (Lipinski definition) is 6. The van der Waals surface area contributed by atoms with Crippen LogP contribution >= 0.6 is 0 Å². The second kappa shape index (κ2) is 7.56. The highest BCUT2D eigenvalue weighted by atomic mass is 32.2. The zero-order valence-corrected chi connectivity index (χ0v) is 16.8. The van der Waals surface area contributed by atoms with Crippen molar-refractivity contribution in [2.45, 2.75) is 5.75 Å². The Morgan fingerprint density at radius 1 is 1.03 bits per heavy atom. The maximum absolute atomic E-state index is 11.6. The van der Waals surface area contributed by atoms with Crippen molar-refractivity contribution in [1.29, 1.82) is 0 Å². The molecule has 0 bridgehead atoms. The van der Waals surface area contributed by atoms with Crippen molar-refractivity contribution in [2.24, 2.45) is 0 Å². The summed E-state index contributed by atoms with van der Waals surface area (Å²) in [6.07, 6.45) is 3.10. The van der Waals surface area contributed by atoms with E-state index in [9.17, 15) is 8.42 Å². The van der Waals surface area contributed by atoms with Crippen LogP contribution in [0.4, 0.5) is 11.6 Å². The Labute approximate surface area is 168 Å². The van der Waals surface area contributed by atoms with E-state index in [2.05, 4.69) is 15.4 Å². The number of methoxy groups -OCH3 is 1. The van der Waals surface area contributed by atoms with E-state index in [-0.39, 0.29) is 5.75 Å². The third-order valence-electron chi connectivity index (χ3n) is 4.37. The Morgan fingerprint density at radius 2 is 1.86 bits per heavy atom. The summed E-state index contributed by atoms with van der Waals surface area (Å²) in [6.45, 7) is 0. The van der Waals surface area contributed by atoms with E-state index in [1.54, 1.807) is 11.6 Å². The monoisotopic (exact) mass is 408 g/mol. The van der Waals surface area contributed by atoms with Gasteiger partial charge in [0.1, 0.15) is 5.75 Å². The molecule has 2 aromatic carbocycles. The number of fused-ring (bicyclic) bond motifs is 1. The van der Waals surface area contributed by atoms with Crippen molar-refractivity contribution in [3.63, 3.8) is 0 Å². The van der Waals surface area contributed by atoms with Crippen molar-refractivity contribution in [2.75, 3.05) is 18.7 Å². The first-order chi connectivity index (χ1) is 13.9. The maximum Gasteiger partial charge on any atom is 0.247 e. The van der Waals surface area contributed by atoms with Gasteiger partial charge in [-0.05, 0) is 35.4 Å². The van der Waals surface area contributed by atoms with Crippen molar-refractivity contribution in [1.82, 2.24) is 14.6 Å². The van der Waals surface area contributed by atoms with Gasteiger partial charge in [-0.1, -0.05) is 36.4 Å². The van der Waals surface area contributed by atoms with Crippen LogP contribution < -0.4 is 10.1 Å². The molecule has 1 N–H and O–H groups in total. The molecule has 2 aromatic heterocycles. The predicted molar refractivity (Wildman–Crippen MR) is 113 cm³/mol. The molecular formula is C21H20N4O3S. The molecule has 2 heterocycles. The molecule has 0 saturated heterocycles. The van der Waals surface area contributed by atoms with Crippen LogP contribution in [-0.2, 0) is 15.6 Å². The Morgan fingerprint density at radius 3 is 2.66 bits per heavy atom. The molecular weight excluding hydrogens is 388 g/mol. The molecule has 0 aliphatic carbocycles. The molecule has 0 atom stereocenters. The van der Waals surface area contributed by atoms with Crippen LogP contribution in [0.2, 0.25) is 0 Å². The summed E-state index contributed by atoms with van der Waals surface area (Å²) in [6, 6.07) is 18.9. The number of nitrogens with one attached hydrogen (secondary N) is 1. The fraction of sp³-hybridized carbons (Fsp3) is 0.143. The van der Waals surface area contributed by atoms with Crippen molar-refractivity contribution in [3.8, 4) is 16.9 Å². The molecule has 4 rings (SSSR count). The minimum Gasteiger partial charge on any atom is -0.495 e. The maximum atomic E-state index is 11.6. The van der Waals surface area contributed by atoms with Gasteiger partial charge in [-0.2, -0.15) is 4.98 Å². The Kier molecular flexibility index (Phi) is 4.94. The van der Waals surface area contributed by atoms with Crippen LogP contribution in [0.1, 0.15) is 5.56 Å². The average Bonchev–Trinajstić information content (AvgIpc) is 3.08. The lowest BCUT2D eigenvalue weighted by Crippen LogP contribution is -2.00. The third kappa shape index (κ3) is 4.38. The predicted octanol–water partition coefficient (Wildman–Crippen LogP) is 3.69. The van der Waals surface area contributed by atoms with E-state index in [1.165, 1.54) is 6.26 Å². The van der Waals surface area contributed by atoms with E-state index in [4.69, 9.17) is 4.74 Å². The molecule has 0 aliphatic heterocycles. The number of benzene rings is 2. The normalized spacial score (nSPS) is 11.5. The number of aromatic nitrogens is 3. The van der Waals surface area contributed by atoms with Gasteiger partial charge in [0.2, 0.25) is 5.95 Å². The molecule has 0 radical (unpaired) electrons. The molecule has 0 aliphatic rings. The number of sulfone groups is 1. The molecule has 0 amide bonds. The van der Waals surface area contributed by atoms with Crippen LogP contribution in [0.25, 0.3) is 16.8 Å². The molecule has 8 heteroatoms. The summed E-state index contributed by atoms with van der Waals surface area (Å²) >= 11 is 0. The van der Waals surface area contributed by atoms with Crippen molar-refractivity contribution in [3.05, 3.63) is 72.4 Å². The first-order valence-electron chi connectivity index (χ1n) is 8.95. The fourth-order valence-electron chi connectivity index (χ4n) is 3.12. The quantitative estimate of drug-likeness (QED) is 0.524. The van der Waals surface area contributed by atoms with E-state index in [0.29, 0.717) is 17.3 Å². The lowest BCUT2D eigenvalue weighted by Gasteiger charge is -2.07. The Bertz CT molecular complexity index is 1280. The van der Waals surface area contributed by atoms with Gasteiger partial charge in [0.25, 0.3) is 0 Å². The zero-order valence-electron chi connectivity index (χ0n) is 16.0. The number of para-hydroxylation sites is 2. The van der Waals surface area contributed by atoms with Crippen LogP contribution in [0.5, 0.6) is 5.75 Å². The lowest BCUT2D eigenvalue weighted by molar-refractivity contribution is 0.417. The number of pyridine rings is 1. The van der Waals surface area contributed by atoms with Crippen molar-refractivity contribution >= 4 is 27.1 Å². The van der Waals surface area contributed by atoms with Gasteiger partial charge in [0.05, 0.1) is 18.6 Å². The van der Waals surface area contributed by atoms with Gasteiger partial charge >= 0.3 is 0 Å². The van der Waals surface area contributed by atoms with Crippen LogP contribution in [0.3, 0.4) is 0 Å². The number of rotatable bonds is 6. The van der Waals surface area contributed by atoms with Gasteiger partial charge in [-0.3, -0.25) is 0 Å². The lowest BCUT2D eigenvalue weighted by atomic mass is 10.1. The standard InChI is InChI=1S/C21H20N4O3S/c1-28-19-9-4-3-8-18(19)22-21-23-20-11-10-17(13-25(20)24-21)16-7-5-6-15(12-16)14-29(2,26)27/h3-13H,14H2,1-2H3,(H,22,24). The summed E-state index contributed by atoms with van der Waals surface area (Å²) in [4.78, 5) is 4.49. The third-order valence-corrected chi connectivity index (χ3v) is 5.23. The van der Waals surface area contributed by atoms with E-state index < -0.39 is 9.84 Å². The summed E-state index contributed by atoms with van der Waals surface area (Å²) in [5.41, 5.74) is 4.06. The molecule has 29 heavy (non-hydrogen) atoms. The summed E-state index contributed by atoms with van der Waals surface area (Å²) in [5.74, 6) is 1.17. The highest BCUT2D eigenvalue weighted by Gasteiger charge is 2.10. The van der Waals surface area contributed by atoms with Gasteiger partial charge in [0, 0.05) is 18.0 Å². The number of hydrogen-bond donors (Lipinski definition) is 1. The molecule has 7 nitrogen and oxygen atoms in total. The first-order valence-corrected chi connectivity index (χ1v) is 11.0. The number of nitrogens with zero attached hydrogens (tertiary/aromatic N) is 3. The Hall–Kier alpha value is -3.39. The van der Waals surface area contributed by atoms with Crippen molar-refractivity contribution < 1.29 is 13.2 Å². The molecule has 0 spiro atoms. The van der Waals surface area contributed by atoms with Gasteiger partial charge < -0.3 is 10.1 Å². The van der Waals surface area contributed by atoms with E-state index in [1.807, 2.05) is 66.9 Å². The van der Waals surface area contributed by atoms with Gasteiger partial charge in [-0.25, -0.2) is 12.9 Å². The van der Waals surface area contributed by atoms with Crippen LogP contribution in [-0.4, -0.2) is 36.4 Å². The van der Waals surface area contributed by atoms with E-state index in [0.717, 1.165) is 22.4 Å². The topological polar surface area (TPSA) is 85.6 Å². The Balaban J connectivity index is 1.65. The molecule has 148 valence electrons. The molecule has 0 fully saturated rings. The molecule has 0 saturated carbocycles. The second-order valence-electron chi connectivity index (χ2n) is 6.75. The van der Waals surface area contributed by atoms with E-state index >= 15 is 0 Å². The first kappa shape index (κ1) is 18.9. The minimum absolute atomic E-state index is 0.0133. The van der Waals surface area contributed by atoms with Gasteiger partial charge in [-0.15, -0.1) is 5.10 Å².